The van der Waals surface area contributed by atoms with E-state index in [1.807, 2.05) is 54.6 Å². The van der Waals surface area contributed by atoms with E-state index in [2.05, 4.69) is 34.9 Å². The van der Waals surface area contributed by atoms with Crippen LogP contribution in [-0.2, 0) is 11.3 Å². The summed E-state index contributed by atoms with van der Waals surface area (Å²) in [5, 5.41) is 5.05. The van der Waals surface area contributed by atoms with Gasteiger partial charge in [0.2, 0.25) is 6.79 Å². The summed E-state index contributed by atoms with van der Waals surface area (Å²) in [5.74, 6) is 1.47. The van der Waals surface area contributed by atoms with Crippen molar-refractivity contribution < 1.29 is 19.6 Å². The molecule has 5 heteroatoms. The molecular weight excluding hydrogens is 352 g/mol. The highest BCUT2D eigenvalue weighted by Gasteiger charge is 2.19. The van der Waals surface area contributed by atoms with Crippen molar-refractivity contribution >= 4 is 5.91 Å². The molecule has 3 aromatic rings. The number of fused-ring (bicyclic) bond motifs is 1. The molecule has 1 amide bonds. The first-order valence-electron chi connectivity index (χ1n) is 9.38. The summed E-state index contributed by atoms with van der Waals surface area (Å²) in [6.07, 6.45) is 0. The van der Waals surface area contributed by atoms with Crippen LogP contribution in [0.15, 0.2) is 78.9 Å². The molecule has 142 valence electrons. The van der Waals surface area contributed by atoms with Crippen LogP contribution in [0.4, 0.5) is 0 Å². The molecule has 0 fully saturated rings. The second-order valence-corrected chi connectivity index (χ2v) is 6.70. The highest BCUT2D eigenvalue weighted by atomic mass is 16.7. The van der Waals surface area contributed by atoms with Crippen LogP contribution >= 0.6 is 0 Å². The van der Waals surface area contributed by atoms with Gasteiger partial charge in [0.1, 0.15) is 6.04 Å². The van der Waals surface area contributed by atoms with Gasteiger partial charge in [-0.1, -0.05) is 66.7 Å². The van der Waals surface area contributed by atoms with Gasteiger partial charge in [-0.2, -0.15) is 0 Å². The fraction of sp³-hybridized carbons (Fsp3) is 0.174. The summed E-state index contributed by atoms with van der Waals surface area (Å²) in [5.41, 5.74) is 3.34. The number of rotatable bonds is 7. The van der Waals surface area contributed by atoms with Crippen molar-refractivity contribution in [2.45, 2.75) is 12.6 Å². The van der Waals surface area contributed by atoms with Gasteiger partial charge in [0, 0.05) is 17.7 Å². The third kappa shape index (κ3) is 4.32. The molecular formula is C23H23N2O3+. The number of hydrogen-bond donors (Lipinski definition) is 2. The Morgan fingerprint density at radius 1 is 0.893 bits per heavy atom. The second-order valence-electron chi connectivity index (χ2n) is 6.70. The Morgan fingerprint density at radius 2 is 1.54 bits per heavy atom. The lowest BCUT2D eigenvalue weighted by atomic mass is 9.99. The van der Waals surface area contributed by atoms with Gasteiger partial charge in [-0.25, -0.2) is 0 Å². The fourth-order valence-electron chi connectivity index (χ4n) is 3.33. The lowest BCUT2D eigenvalue weighted by Gasteiger charge is -2.16. The molecule has 4 rings (SSSR count). The normalized spacial score (nSPS) is 12.2. The number of benzene rings is 3. The molecule has 1 aliphatic heterocycles. The maximum atomic E-state index is 12.4. The van der Waals surface area contributed by atoms with Gasteiger partial charge in [-0.05, 0) is 17.7 Å². The SMILES string of the molecule is O=C(C[NH2+]C(c1ccccc1)c1ccccc1)NCc1ccc2c(c1)OCO2. The lowest BCUT2D eigenvalue weighted by Crippen LogP contribution is -2.87. The molecule has 0 saturated heterocycles. The van der Waals surface area contributed by atoms with Gasteiger partial charge in [0.25, 0.3) is 5.91 Å². The average molecular weight is 375 g/mol. The number of hydrogen-bond acceptors (Lipinski definition) is 3. The van der Waals surface area contributed by atoms with Crippen molar-refractivity contribution in [2.24, 2.45) is 0 Å². The molecule has 0 aromatic heterocycles. The molecule has 3 aromatic carbocycles. The summed E-state index contributed by atoms with van der Waals surface area (Å²) in [7, 11) is 0. The minimum Gasteiger partial charge on any atom is -0.454 e. The summed E-state index contributed by atoms with van der Waals surface area (Å²) >= 11 is 0. The first kappa shape index (κ1) is 18.1. The molecule has 0 unspecified atom stereocenters. The highest BCUT2D eigenvalue weighted by Crippen LogP contribution is 2.32. The van der Waals surface area contributed by atoms with E-state index in [1.54, 1.807) is 0 Å². The van der Waals surface area contributed by atoms with E-state index in [0.29, 0.717) is 13.1 Å². The van der Waals surface area contributed by atoms with Crippen LogP contribution in [0.2, 0.25) is 0 Å². The minimum atomic E-state index is -0.00507. The van der Waals surface area contributed by atoms with Gasteiger partial charge in [-0.3, -0.25) is 4.79 Å². The van der Waals surface area contributed by atoms with Gasteiger partial charge in [0.05, 0.1) is 0 Å². The molecule has 0 bridgehead atoms. The van der Waals surface area contributed by atoms with E-state index in [4.69, 9.17) is 9.47 Å². The first-order chi connectivity index (χ1) is 13.8. The number of ether oxygens (including phenoxy) is 2. The highest BCUT2D eigenvalue weighted by molar-refractivity contribution is 5.76. The molecule has 0 aliphatic carbocycles. The molecule has 1 heterocycles. The molecule has 1 aliphatic rings. The molecule has 0 atom stereocenters. The minimum absolute atomic E-state index is 0.00507. The Bertz CT molecular complexity index is 890. The zero-order chi connectivity index (χ0) is 19.2. The number of nitrogens with two attached hydrogens (primary N) is 1. The zero-order valence-electron chi connectivity index (χ0n) is 15.5. The number of quaternary nitrogens is 1. The maximum Gasteiger partial charge on any atom is 0.275 e. The Balaban J connectivity index is 1.36. The van der Waals surface area contributed by atoms with Crippen LogP contribution in [0.5, 0.6) is 11.5 Å². The molecule has 0 spiro atoms. The number of carbonyl (C=O) groups is 1. The molecule has 0 saturated carbocycles. The topological polar surface area (TPSA) is 64.2 Å². The smallest absolute Gasteiger partial charge is 0.275 e. The largest absolute Gasteiger partial charge is 0.454 e. The van der Waals surface area contributed by atoms with Crippen molar-refractivity contribution in [3.8, 4) is 11.5 Å². The van der Waals surface area contributed by atoms with Crippen LogP contribution in [-0.4, -0.2) is 19.2 Å². The first-order valence-corrected chi connectivity index (χ1v) is 9.38. The third-order valence-corrected chi connectivity index (χ3v) is 4.78. The maximum absolute atomic E-state index is 12.4. The lowest BCUT2D eigenvalue weighted by molar-refractivity contribution is -0.676. The predicted octanol–water partition coefficient (Wildman–Crippen LogP) is 2.38. The van der Waals surface area contributed by atoms with E-state index < -0.39 is 0 Å². The molecule has 28 heavy (non-hydrogen) atoms. The Hall–Kier alpha value is -3.31. The van der Waals surface area contributed by atoms with Crippen molar-refractivity contribution in [3.63, 3.8) is 0 Å². The Kier molecular flexibility index (Phi) is 5.54. The molecule has 0 radical (unpaired) electrons. The van der Waals surface area contributed by atoms with Gasteiger partial charge >= 0.3 is 0 Å². The summed E-state index contributed by atoms with van der Waals surface area (Å²) in [6, 6.07) is 26.3. The Labute approximate surface area is 164 Å². The fourth-order valence-corrected chi connectivity index (χ4v) is 3.33. The predicted molar refractivity (Wildman–Crippen MR) is 106 cm³/mol. The second kappa shape index (κ2) is 8.59. The van der Waals surface area contributed by atoms with E-state index in [1.165, 1.54) is 11.1 Å². The van der Waals surface area contributed by atoms with E-state index >= 15 is 0 Å². The van der Waals surface area contributed by atoms with E-state index in [0.717, 1.165) is 17.1 Å². The van der Waals surface area contributed by atoms with Gasteiger partial charge in [0.15, 0.2) is 18.0 Å². The standard InChI is InChI=1S/C23H22N2O3/c26-22(24-14-17-11-12-20-21(13-17)28-16-27-20)15-25-23(18-7-3-1-4-8-18)19-9-5-2-6-10-19/h1-13,23,25H,14-16H2,(H,24,26)/p+1. The quantitative estimate of drug-likeness (QED) is 0.666. The summed E-state index contributed by atoms with van der Waals surface area (Å²) in [6.45, 7) is 1.06. The van der Waals surface area contributed by atoms with Crippen molar-refractivity contribution in [2.75, 3.05) is 13.3 Å². The van der Waals surface area contributed by atoms with Gasteiger partial charge in [-0.15, -0.1) is 0 Å². The van der Waals surface area contributed by atoms with Crippen LogP contribution in [0, 0.1) is 0 Å². The van der Waals surface area contributed by atoms with Gasteiger partial charge < -0.3 is 20.1 Å². The number of nitrogens with one attached hydrogen (secondary N) is 1. The number of carbonyl (C=O) groups excluding carboxylic acids is 1. The van der Waals surface area contributed by atoms with E-state index in [9.17, 15) is 4.79 Å². The summed E-state index contributed by atoms with van der Waals surface area (Å²) in [4.78, 5) is 12.4. The van der Waals surface area contributed by atoms with Crippen LogP contribution in [0.1, 0.15) is 22.7 Å². The monoisotopic (exact) mass is 375 g/mol. The zero-order valence-corrected chi connectivity index (χ0v) is 15.5. The Morgan fingerprint density at radius 3 is 2.21 bits per heavy atom. The van der Waals surface area contributed by atoms with Crippen molar-refractivity contribution in [1.82, 2.24) is 5.32 Å². The third-order valence-electron chi connectivity index (χ3n) is 4.78. The van der Waals surface area contributed by atoms with Crippen LogP contribution < -0.4 is 20.1 Å². The van der Waals surface area contributed by atoms with Crippen molar-refractivity contribution in [1.29, 1.82) is 0 Å². The van der Waals surface area contributed by atoms with Crippen LogP contribution in [0.25, 0.3) is 0 Å². The van der Waals surface area contributed by atoms with E-state index in [-0.39, 0.29) is 18.7 Å². The number of amides is 1. The average Bonchev–Trinajstić information content (AvgIpc) is 3.22. The van der Waals surface area contributed by atoms with Crippen LogP contribution in [0.3, 0.4) is 0 Å². The summed E-state index contributed by atoms with van der Waals surface area (Å²) < 4.78 is 10.7. The molecule has 3 N–H and O–H groups in total. The van der Waals surface area contributed by atoms with Crippen molar-refractivity contribution in [3.05, 3.63) is 95.6 Å². The molecule has 5 nitrogen and oxygen atoms in total.